The molecule has 1 heterocycles. The quantitative estimate of drug-likeness (QED) is 0.613. The van der Waals surface area contributed by atoms with E-state index in [0.717, 1.165) is 5.56 Å². The number of nitrogens with zero attached hydrogens (tertiary/aromatic N) is 2. The van der Waals surface area contributed by atoms with Crippen molar-refractivity contribution in [1.82, 2.24) is 4.90 Å². The third kappa shape index (κ3) is 3.51. The molecule has 0 aromatic heterocycles. The Morgan fingerprint density at radius 1 is 1.37 bits per heavy atom. The second-order valence-corrected chi connectivity index (χ2v) is 7.12. The zero-order valence-corrected chi connectivity index (χ0v) is 11.5. The fourth-order valence-electron chi connectivity index (χ4n) is 2.26. The SMILES string of the molecule is CN(Cc1ccc([N+](=O)[O-])cc1)C1CCS(=O)(=O)C1. The van der Waals surface area contributed by atoms with E-state index in [9.17, 15) is 18.5 Å². The van der Waals surface area contributed by atoms with Crippen molar-refractivity contribution < 1.29 is 13.3 Å². The Hall–Kier alpha value is -1.47. The Kier molecular flexibility index (Phi) is 3.86. The zero-order valence-electron chi connectivity index (χ0n) is 10.7. The molecule has 0 spiro atoms. The number of nitro groups is 1. The number of sulfone groups is 1. The van der Waals surface area contributed by atoms with E-state index >= 15 is 0 Å². The molecule has 6 nitrogen and oxygen atoms in total. The van der Waals surface area contributed by atoms with Crippen LogP contribution in [-0.4, -0.2) is 42.8 Å². The first-order chi connectivity index (χ1) is 8.87. The first-order valence-corrected chi connectivity index (χ1v) is 7.83. The van der Waals surface area contributed by atoms with Crippen molar-refractivity contribution in [3.8, 4) is 0 Å². The molecule has 1 aromatic carbocycles. The van der Waals surface area contributed by atoms with Crippen LogP contribution in [0.15, 0.2) is 24.3 Å². The first-order valence-electron chi connectivity index (χ1n) is 6.01. The van der Waals surface area contributed by atoms with Gasteiger partial charge in [-0.3, -0.25) is 15.0 Å². The molecule has 0 aliphatic carbocycles. The largest absolute Gasteiger partial charge is 0.298 e. The van der Waals surface area contributed by atoms with Crippen LogP contribution in [0.5, 0.6) is 0 Å². The molecule has 0 amide bonds. The van der Waals surface area contributed by atoms with Crippen LogP contribution in [0.2, 0.25) is 0 Å². The van der Waals surface area contributed by atoms with Gasteiger partial charge >= 0.3 is 0 Å². The van der Waals surface area contributed by atoms with Crippen molar-refractivity contribution in [3.63, 3.8) is 0 Å². The number of rotatable bonds is 4. The lowest BCUT2D eigenvalue weighted by Crippen LogP contribution is -2.32. The van der Waals surface area contributed by atoms with Crippen LogP contribution in [0.4, 0.5) is 5.69 Å². The highest BCUT2D eigenvalue weighted by Crippen LogP contribution is 2.19. The third-order valence-electron chi connectivity index (χ3n) is 3.41. The van der Waals surface area contributed by atoms with Gasteiger partial charge in [-0.25, -0.2) is 8.42 Å². The monoisotopic (exact) mass is 284 g/mol. The van der Waals surface area contributed by atoms with Gasteiger partial charge in [-0.1, -0.05) is 12.1 Å². The molecular formula is C12H16N2O4S. The molecule has 19 heavy (non-hydrogen) atoms. The third-order valence-corrected chi connectivity index (χ3v) is 5.16. The lowest BCUT2D eigenvalue weighted by molar-refractivity contribution is -0.384. The summed E-state index contributed by atoms with van der Waals surface area (Å²) in [4.78, 5) is 12.1. The van der Waals surface area contributed by atoms with Gasteiger partial charge in [-0.05, 0) is 19.0 Å². The molecular weight excluding hydrogens is 268 g/mol. The Bertz CT molecular complexity index is 568. The summed E-state index contributed by atoms with van der Waals surface area (Å²) in [5.41, 5.74) is 1.01. The fraction of sp³-hybridized carbons (Fsp3) is 0.500. The average molecular weight is 284 g/mol. The predicted molar refractivity (Wildman–Crippen MR) is 71.6 cm³/mol. The molecule has 0 saturated carbocycles. The van der Waals surface area contributed by atoms with E-state index in [1.807, 2.05) is 11.9 Å². The zero-order chi connectivity index (χ0) is 14.0. The molecule has 1 aliphatic rings. The first kappa shape index (κ1) is 14.0. The number of benzene rings is 1. The van der Waals surface area contributed by atoms with Crippen molar-refractivity contribution in [2.24, 2.45) is 0 Å². The molecule has 1 fully saturated rings. The van der Waals surface area contributed by atoms with Gasteiger partial charge in [0.2, 0.25) is 0 Å². The molecule has 0 N–H and O–H groups in total. The number of hydrogen-bond acceptors (Lipinski definition) is 5. The maximum atomic E-state index is 11.4. The van der Waals surface area contributed by atoms with Crippen molar-refractivity contribution in [3.05, 3.63) is 39.9 Å². The van der Waals surface area contributed by atoms with Gasteiger partial charge in [0.25, 0.3) is 5.69 Å². The van der Waals surface area contributed by atoms with E-state index in [1.165, 1.54) is 12.1 Å². The van der Waals surface area contributed by atoms with Gasteiger partial charge in [-0.2, -0.15) is 0 Å². The summed E-state index contributed by atoms with van der Waals surface area (Å²) in [7, 11) is -1.000. The van der Waals surface area contributed by atoms with E-state index in [2.05, 4.69) is 0 Å². The second kappa shape index (κ2) is 5.26. The topological polar surface area (TPSA) is 80.5 Å². The molecule has 1 aliphatic heterocycles. The van der Waals surface area contributed by atoms with E-state index < -0.39 is 14.8 Å². The highest BCUT2D eigenvalue weighted by Gasteiger charge is 2.30. The van der Waals surface area contributed by atoms with Crippen LogP contribution < -0.4 is 0 Å². The lowest BCUT2D eigenvalue weighted by Gasteiger charge is -2.22. The second-order valence-electron chi connectivity index (χ2n) is 4.90. The highest BCUT2D eigenvalue weighted by atomic mass is 32.2. The average Bonchev–Trinajstić information content (AvgIpc) is 2.70. The fourth-order valence-corrected chi connectivity index (χ4v) is 4.07. The maximum absolute atomic E-state index is 11.4. The summed E-state index contributed by atoms with van der Waals surface area (Å²) in [6.07, 6.45) is 0.659. The van der Waals surface area contributed by atoms with Gasteiger partial charge in [0.1, 0.15) is 0 Å². The van der Waals surface area contributed by atoms with Crippen molar-refractivity contribution >= 4 is 15.5 Å². The minimum atomic E-state index is -2.88. The van der Waals surface area contributed by atoms with Crippen LogP contribution in [0.25, 0.3) is 0 Å². The van der Waals surface area contributed by atoms with E-state index in [1.54, 1.807) is 12.1 Å². The van der Waals surface area contributed by atoms with Gasteiger partial charge < -0.3 is 0 Å². The Labute approximate surface area is 112 Å². The molecule has 104 valence electrons. The molecule has 1 saturated heterocycles. The number of hydrogen-bond donors (Lipinski definition) is 0. The summed E-state index contributed by atoms with van der Waals surface area (Å²) in [5, 5.41) is 10.5. The molecule has 7 heteroatoms. The molecule has 1 unspecified atom stereocenters. The molecule has 0 bridgehead atoms. The summed E-state index contributed by atoms with van der Waals surface area (Å²) in [6.45, 7) is 0.595. The van der Waals surface area contributed by atoms with Crippen LogP contribution in [0.3, 0.4) is 0 Å². The highest BCUT2D eigenvalue weighted by molar-refractivity contribution is 7.91. The minimum absolute atomic E-state index is 0.0418. The van der Waals surface area contributed by atoms with Gasteiger partial charge in [-0.15, -0.1) is 0 Å². The minimum Gasteiger partial charge on any atom is -0.298 e. The smallest absolute Gasteiger partial charge is 0.269 e. The van der Waals surface area contributed by atoms with E-state index in [-0.39, 0.29) is 23.2 Å². The molecule has 2 rings (SSSR count). The van der Waals surface area contributed by atoms with Crippen LogP contribution in [0.1, 0.15) is 12.0 Å². The molecule has 1 aromatic rings. The lowest BCUT2D eigenvalue weighted by atomic mass is 10.1. The summed E-state index contributed by atoms with van der Waals surface area (Å²) in [5.74, 6) is 0.457. The van der Waals surface area contributed by atoms with Crippen molar-refractivity contribution in [1.29, 1.82) is 0 Å². The van der Waals surface area contributed by atoms with Gasteiger partial charge in [0.15, 0.2) is 9.84 Å². The van der Waals surface area contributed by atoms with Gasteiger partial charge in [0.05, 0.1) is 16.4 Å². The summed E-state index contributed by atoms with van der Waals surface area (Å²) < 4.78 is 22.8. The maximum Gasteiger partial charge on any atom is 0.269 e. The normalized spacial score (nSPS) is 21.7. The van der Waals surface area contributed by atoms with Crippen LogP contribution in [0, 0.1) is 10.1 Å². The molecule has 0 radical (unpaired) electrons. The predicted octanol–water partition coefficient (Wildman–Crippen LogP) is 1.21. The van der Waals surface area contributed by atoms with Crippen molar-refractivity contribution in [2.75, 3.05) is 18.6 Å². The number of non-ortho nitro benzene ring substituents is 1. The number of nitro benzene ring substituents is 1. The summed E-state index contributed by atoms with van der Waals surface area (Å²) in [6, 6.07) is 6.39. The van der Waals surface area contributed by atoms with Crippen LogP contribution in [-0.2, 0) is 16.4 Å². The van der Waals surface area contributed by atoms with E-state index in [0.29, 0.717) is 13.0 Å². The van der Waals surface area contributed by atoms with Crippen molar-refractivity contribution in [2.45, 2.75) is 19.0 Å². The van der Waals surface area contributed by atoms with Gasteiger partial charge in [0, 0.05) is 24.7 Å². The summed E-state index contributed by atoms with van der Waals surface area (Å²) >= 11 is 0. The molecule has 1 atom stereocenters. The van der Waals surface area contributed by atoms with E-state index in [4.69, 9.17) is 0 Å². The Balaban J connectivity index is 1.99. The standard InChI is InChI=1S/C12H16N2O4S/c1-13(12-6-7-19(17,18)9-12)8-10-2-4-11(5-3-10)14(15)16/h2-5,12H,6-9H2,1H3. The Morgan fingerprint density at radius 3 is 2.47 bits per heavy atom. The van der Waals surface area contributed by atoms with Crippen LogP contribution >= 0.6 is 0 Å². The Morgan fingerprint density at radius 2 is 2.00 bits per heavy atom.